The normalized spacial score (nSPS) is 14.5. The number of nitrogens with one attached hydrogen (secondary N) is 2. The Labute approximate surface area is 203 Å². The highest BCUT2D eigenvalue weighted by Crippen LogP contribution is 2.41. The largest absolute Gasteiger partial charge is 0.347 e. The zero-order valence-electron chi connectivity index (χ0n) is 18.9. The van der Waals surface area contributed by atoms with Gasteiger partial charge in [0.05, 0.1) is 10.9 Å². The lowest BCUT2D eigenvalue weighted by molar-refractivity contribution is 0.0932. The Bertz CT molecular complexity index is 1430. The smallest absolute Gasteiger partial charge is 0.270 e. The molecule has 10 nitrogen and oxygen atoms in total. The SMILES string of the molecule is Cc1cc(CNC(=O)c2cc(C(=O)N[C@H]3CCc4cc(-c5nnnn5C)sc43)ncn2)ccc1F. The van der Waals surface area contributed by atoms with Gasteiger partial charge < -0.3 is 10.6 Å². The van der Waals surface area contributed by atoms with E-state index >= 15 is 0 Å². The molecule has 0 aliphatic heterocycles. The van der Waals surface area contributed by atoms with Crippen LogP contribution >= 0.6 is 11.3 Å². The summed E-state index contributed by atoms with van der Waals surface area (Å²) in [4.78, 5) is 35.5. The van der Waals surface area contributed by atoms with Crippen molar-refractivity contribution in [2.75, 3.05) is 0 Å². The van der Waals surface area contributed by atoms with Crippen molar-refractivity contribution in [1.82, 2.24) is 40.8 Å². The van der Waals surface area contributed by atoms with E-state index in [-0.39, 0.29) is 35.7 Å². The first-order chi connectivity index (χ1) is 16.9. The summed E-state index contributed by atoms with van der Waals surface area (Å²) in [7, 11) is 1.78. The van der Waals surface area contributed by atoms with Crippen molar-refractivity contribution in [3.63, 3.8) is 0 Å². The van der Waals surface area contributed by atoms with Crippen LogP contribution in [-0.2, 0) is 20.0 Å². The van der Waals surface area contributed by atoms with E-state index in [0.717, 1.165) is 33.7 Å². The van der Waals surface area contributed by atoms with Crippen molar-refractivity contribution in [1.29, 1.82) is 0 Å². The second kappa shape index (κ2) is 9.29. The number of carbonyl (C=O) groups excluding carboxylic acids is 2. The van der Waals surface area contributed by atoms with E-state index in [2.05, 4.69) is 42.2 Å². The molecule has 35 heavy (non-hydrogen) atoms. The highest BCUT2D eigenvalue weighted by molar-refractivity contribution is 7.15. The second-order valence-electron chi connectivity index (χ2n) is 8.25. The highest BCUT2D eigenvalue weighted by Gasteiger charge is 2.29. The van der Waals surface area contributed by atoms with Crippen LogP contribution in [0.2, 0.25) is 0 Å². The Hall–Kier alpha value is -4.06. The average molecular weight is 493 g/mol. The molecular weight excluding hydrogens is 471 g/mol. The molecule has 3 heterocycles. The van der Waals surface area contributed by atoms with E-state index in [0.29, 0.717) is 11.4 Å². The molecular formula is C23H21FN8O2S. The van der Waals surface area contributed by atoms with Crippen LogP contribution in [0.1, 0.15) is 55.0 Å². The van der Waals surface area contributed by atoms with Gasteiger partial charge in [0, 0.05) is 24.5 Å². The van der Waals surface area contributed by atoms with E-state index in [4.69, 9.17) is 0 Å². The molecule has 0 unspecified atom stereocenters. The van der Waals surface area contributed by atoms with Gasteiger partial charge in [-0.3, -0.25) is 9.59 Å². The van der Waals surface area contributed by atoms with Crippen LogP contribution in [0, 0.1) is 12.7 Å². The number of amides is 2. The maximum atomic E-state index is 13.4. The molecule has 4 aromatic rings. The number of tetrazole rings is 1. The van der Waals surface area contributed by atoms with Gasteiger partial charge in [-0.1, -0.05) is 12.1 Å². The molecule has 0 saturated carbocycles. The van der Waals surface area contributed by atoms with Crippen molar-refractivity contribution in [2.24, 2.45) is 7.05 Å². The third-order valence-corrected chi connectivity index (χ3v) is 7.10. The Morgan fingerprint density at radius 3 is 2.71 bits per heavy atom. The molecule has 1 aliphatic carbocycles. The third-order valence-electron chi connectivity index (χ3n) is 5.81. The van der Waals surface area contributed by atoms with Gasteiger partial charge in [-0.25, -0.2) is 19.0 Å². The van der Waals surface area contributed by atoms with Crippen LogP contribution in [0.3, 0.4) is 0 Å². The van der Waals surface area contributed by atoms with Gasteiger partial charge in [0.1, 0.15) is 23.5 Å². The fourth-order valence-corrected chi connectivity index (χ4v) is 5.29. The number of aryl methyl sites for hydroxylation is 3. The summed E-state index contributed by atoms with van der Waals surface area (Å²) in [6, 6.07) is 7.90. The topological polar surface area (TPSA) is 128 Å². The number of hydrogen-bond donors (Lipinski definition) is 2. The van der Waals surface area contributed by atoms with Crippen molar-refractivity contribution in [2.45, 2.75) is 32.4 Å². The van der Waals surface area contributed by atoms with Gasteiger partial charge in [-0.2, -0.15) is 0 Å². The molecule has 1 aromatic carbocycles. The van der Waals surface area contributed by atoms with Gasteiger partial charge in [0.25, 0.3) is 11.8 Å². The maximum Gasteiger partial charge on any atom is 0.270 e. The van der Waals surface area contributed by atoms with E-state index in [1.54, 1.807) is 42.1 Å². The zero-order chi connectivity index (χ0) is 24.5. The standard InChI is InChI=1S/C23H21FN8O2S/c1-12-7-13(3-5-15(12)24)10-25-22(33)17-9-18(27-11-26-17)23(34)28-16-6-4-14-8-19(35-20(14)16)21-29-30-31-32(21)2/h3,5,7-9,11,16H,4,6,10H2,1-2H3,(H,25,33)(H,28,34)/t16-/m0/s1. The summed E-state index contributed by atoms with van der Waals surface area (Å²) in [5, 5.41) is 17.4. The first-order valence-corrected chi connectivity index (χ1v) is 11.7. The first-order valence-electron chi connectivity index (χ1n) is 10.9. The lowest BCUT2D eigenvalue weighted by Crippen LogP contribution is -2.29. The third kappa shape index (κ3) is 4.64. The number of hydrogen-bond acceptors (Lipinski definition) is 8. The van der Waals surface area contributed by atoms with Gasteiger partial charge in [-0.15, -0.1) is 16.4 Å². The van der Waals surface area contributed by atoms with Crippen LogP contribution in [0.5, 0.6) is 0 Å². The van der Waals surface area contributed by atoms with E-state index in [9.17, 15) is 14.0 Å². The quantitative estimate of drug-likeness (QED) is 0.423. The monoisotopic (exact) mass is 492 g/mol. The van der Waals surface area contributed by atoms with Crippen LogP contribution in [0.15, 0.2) is 36.7 Å². The predicted octanol–water partition coefficient (Wildman–Crippen LogP) is 2.52. The van der Waals surface area contributed by atoms with Crippen LogP contribution < -0.4 is 10.6 Å². The molecule has 2 N–H and O–H groups in total. The molecule has 0 bridgehead atoms. The fraction of sp³-hybridized carbons (Fsp3) is 0.261. The number of nitrogens with zero attached hydrogens (tertiary/aromatic N) is 6. The molecule has 5 rings (SSSR count). The minimum atomic E-state index is -0.452. The summed E-state index contributed by atoms with van der Waals surface area (Å²) < 4.78 is 15.1. The highest BCUT2D eigenvalue weighted by atomic mass is 32.1. The molecule has 0 fully saturated rings. The van der Waals surface area contributed by atoms with E-state index in [1.165, 1.54) is 18.5 Å². The molecule has 12 heteroatoms. The van der Waals surface area contributed by atoms with Gasteiger partial charge in [0.2, 0.25) is 0 Å². The lowest BCUT2D eigenvalue weighted by atomic mass is 10.1. The summed E-state index contributed by atoms with van der Waals surface area (Å²) in [5.41, 5.74) is 2.60. The number of thiophene rings is 1. The van der Waals surface area contributed by atoms with Gasteiger partial charge in [-0.05, 0) is 59.0 Å². The summed E-state index contributed by atoms with van der Waals surface area (Å²) in [5.74, 6) is -0.461. The number of benzene rings is 1. The van der Waals surface area contributed by atoms with Crippen molar-refractivity contribution < 1.29 is 14.0 Å². The molecule has 0 spiro atoms. The number of fused-ring (bicyclic) bond motifs is 1. The predicted molar refractivity (Wildman–Crippen MR) is 125 cm³/mol. The van der Waals surface area contributed by atoms with Crippen molar-refractivity contribution >= 4 is 23.2 Å². The zero-order valence-corrected chi connectivity index (χ0v) is 19.8. The van der Waals surface area contributed by atoms with Gasteiger partial charge >= 0.3 is 0 Å². The molecule has 0 radical (unpaired) electrons. The lowest BCUT2D eigenvalue weighted by Gasteiger charge is -2.12. The molecule has 0 saturated heterocycles. The second-order valence-corrected chi connectivity index (χ2v) is 9.33. The number of aromatic nitrogens is 6. The summed E-state index contributed by atoms with van der Waals surface area (Å²) in [6.45, 7) is 1.87. The number of halogens is 1. The molecule has 3 aromatic heterocycles. The number of carbonyl (C=O) groups is 2. The average Bonchev–Trinajstić information content (AvgIpc) is 3.56. The molecule has 1 aliphatic rings. The Kier molecular flexibility index (Phi) is 6.03. The molecule has 1 atom stereocenters. The maximum absolute atomic E-state index is 13.4. The van der Waals surface area contributed by atoms with E-state index < -0.39 is 5.91 Å². The Morgan fingerprint density at radius 2 is 1.97 bits per heavy atom. The van der Waals surface area contributed by atoms with Crippen molar-refractivity contribution in [3.8, 4) is 10.7 Å². The minimum absolute atomic E-state index is 0.0734. The van der Waals surface area contributed by atoms with Crippen LogP contribution in [0.25, 0.3) is 10.7 Å². The Balaban J connectivity index is 1.25. The van der Waals surface area contributed by atoms with Crippen LogP contribution in [-0.4, -0.2) is 42.0 Å². The van der Waals surface area contributed by atoms with Crippen LogP contribution in [0.4, 0.5) is 4.39 Å². The molecule has 2 amide bonds. The fourth-order valence-electron chi connectivity index (χ4n) is 3.98. The van der Waals surface area contributed by atoms with E-state index in [1.807, 2.05) is 0 Å². The Morgan fingerprint density at radius 1 is 1.17 bits per heavy atom. The first kappa shape index (κ1) is 22.7. The van der Waals surface area contributed by atoms with Gasteiger partial charge in [0.15, 0.2) is 5.82 Å². The van der Waals surface area contributed by atoms with Crippen molar-refractivity contribution in [3.05, 3.63) is 75.4 Å². The minimum Gasteiger partial charge on any atom is -0.347 e. The number of rotatable bonds is 6. The molecule has 178 valence electrons. The summed E-state index contributed by atoms with van der Waals surface area (Å²) in [6.07, 6.45) is 2.80. The summed E-state index contributed by atoms with van der Waals surface area (Å²) >= 11 is 1.56.